The molecule has 1 atom stereocenters. The summed E-state index contributed by atoms with van der Waals surface area (Å²) in [6, 6.07) is 0. The second-order valence-corrected chi connectivity index (χ2v) is 4.62. The molecule has 4 heteroatoms. The van der Waals surface area contributed by atoms with E-state index in [1.54, 1.807) is 0 Å². The van der Waals surface area contributed by atoms with Crippen LogP contribution in [0.1, 0.15) is 32.1 Å². The lowest BCUT2D eigenvalue weighted by Crippen LogP contribution is -2.59. The Kier molecular flexibility index (Phi) is 2.49. The van der Waals surface area contributed by atoms with Crippen molar-refractivity contribution in [3.05, 3.63) is 0 Å². The molecule has 0 bridgehead atoms. The first kappa shape index (κ1) is 9.93. The van der Waals surface area contributed by atoms with Crippen LogP contribution in [0.4, 0.5) is 0 Å². The molecule has 2 saturated carbocycles. The van der Waals surface area contributed by atoms with Crippen LogP contribution in [0.15, 0.2) is 0 Å². The van der Waals surface area contributed by atoms with Gasteiger partial charge < -0.3 is 16.2 Å². The molecule has 2 rings (SSSR count). The summed E-state index contributed by atoms with van der Waals surface area (Å²) in [7, 11) is 0. The number of aliphatic hydroxyl groups excluding tert-OH is 1. The highest BCUT2D eigenvalue weighted by atomic mass is 16.3. The summed E-state index contributed by atoms with van der Waals surface area (Å²) in [5.74, 6) is 0.314. The zero-order valence-corrected chi connectivity index (χ0v) is 8.33. The Morgan fingerprint density at radius 2 is 2.21 bits per heavy atom. The molecule has 0 aromatic rings. The number of hydrogen-bond acceptors (Lipinski definition) is 3. The summed E-state index contributed by atoms with van der Waals surface area (Å²) in [4.78, 5) is 11.5. The van der Waals surface area contributed by atoms with E-state index in [0.29, 0.717) is 12.5 Å². The summed E-state index contributed by atoms with van der Waals surface area (Å²) in [6.07, 6.45) is 4.39. The molecule has 1 amide bonds. The van der Waals surface area contributed by atoms with Gasteiger partial charge in [-0.1, -0.05) is 0 Å². The van der Waals surface area contributed by atoms with Gasteiger partial charge in [0.25, 0.3) is 0 Å². The molecule has 2 aliphatic carbocycles. The van der Waals surface area contributed by atoms with Crippen molar-refractivity contribution in [2.45, 2.75) is 43.7 Å². The van der Waals surface area contributed by atoms with Crippen molar-refractivity contribution in [2.75, 3.05) is 6.54 Å². The van der Waals surface area contributed by atoms with E-state index in [1.165, 1.54) is 0 Å². The third-order valence-electron chi connectivity index (χ3n) is 3.34. The SMILES string of the molecule is NC1(C(=O)NCC(O)C2CC2)CCC1. The smallest absolute Gasteiger partial charge is 0.240 e. The average Bonchev–Trinajstić information content (AvgIpc) is 2.92. The lowest BCUT2D eigenvalue weighted by atomic mass is 9.77. The van der Waals surface area contributed by atoms with Crippen LogP contribution in [0.5, 0.6) is 0 Å². The number of nitrogens with two attached hydrogens (primary N) is 1. The molecule has 0 saturated heterocycles. The van der Waals surface area contributed by atoms with Crippen LogP contribution >= 0.6 is 0 Å². The van der Waals surface area contributed by atoms with E-state index in [2.05, 4.69) is 5.32 Å². The third-order valence-corrected chi connectivity index (χ3v) is 3.34. The van der Waals surface area contributed by atoms with E-state index in [1.807, 2.05) is 0 Å². The van der Waals surface area contributed by atoms with Gasteiger partial charge in [-0.3, -0.25) is 4.79 Å². The molecule has 0 aromatic carbocycles. The van der Waals surface area contributed by atoms with E-state index < -0.39 is 5.54 Å². The van der Waals surface area contributed by atoms with Gasteiger partial charge in [0, 0.05) is 6.54 Å². The summed E-state index contributed by atoms with van der Waals surface area (Å²) < 4.78 is 0. The Balaban J connectivity index is 1.71. The van der Waals surface area contributed by atoms with Gasteiger partial charge in [0.05, 0.1) is 11.6 Å². The van der Waals surface area contributed by atoms with E-state index >= 15 is 0 Å². The van der Waals surface area contributed by atoms with Crippen molar-refractivity contribution < 1.29 is 9.90 Å². The maximum atomic E-state index is 11.5. The fourth-order valence-electron chi connectivity index (χ4n) is 1.81. The molecule has 0 radical (unpaired) electrons. The molecule has 1 unspecified atom stereocenters. The number of hydrogen-bond donors (Lipinski definition) is 3. The highest BCUT2D eigenvalue weighted by Gasteiger charge is 2.40. The molecule has 2 aliphatic rings. The molecule has 4 nitrogen and oxygen atoms in total. The van der Waals surface area contributed by atoms with Crippen molar-refractivity contribution in [1.29, 1.82) is 0 Å². The zero-order chi connectivity index (χ0) is 10.2. The van der Waals surface area contributed by atoms with E-state index in [4.69, 9.17) is 5.73 Å². The van der Waals surface area contributed by atoms with Crippen LogP contribution in [-0.2, 0) is 4.79 Å². The van der Waals surface area contributed by atoms with Gasteiger partial charge in [0.1, 0.15) is 0 Å². The first-order chi connectivity index (χ1) is 6.62. The standard InChI is InChI=1S/C10H18N2O2/c11-10(4-1-5-10)9(14)12-6-8(13)7-2-3-7/h7-8,13H,1-6,11H2,(H,12,14). The van der Waals surface area contributed by atoms with Crippen LogP contribution in [0.3, 0.4) is 0 Å². The van der Waals surface area contributed by atoms with Crippen LogP contribution < -0.4 is 11.1 Å². The molecule has 14 heavy (non-hydrogen) atoms. The molecular weight excluding hydrogens is 180 g/mol. The van der Waals surface area contributed by atoms with Gasteiger partial charge in [0.15, 0.2) is 0 Å². The first-order valence-corrected chi connectivity index (χ1v) is 5.37. The van der Waals surface area contributed by atoms with Crippen LogP contribution in [0.2, 0.25) is 0 Å². The Morgan fingerprint density at radius 3 is 2.64 bits per heavy atom. The fraction of sp³-hybridized carbons (Fsp3) is 0.900. The van der Waals surface area contributed by atoms with Crippen molar-refractivity contribution in [2.24, 2.45) is 11.7 Å². The monoisotopic (exact) mass is 198 g/mol. The van der Waals surface area contributed by atoms with Crippen molar-refractivity contribution in [1.82, 2.24) is 5.32 Å². The van der Waals surface area contributed by atoms with Gasteiger partial charge in [-0.05, 0) is 38.0 Å². The van der Waals surface area contributed by atoms with Crippen molar-refractivity contribution >= 4 is 5.91 Å². The maximum Gasteiger partial charge on any atom is 0.240 e. The van der Waals surface area contributed by atoms with Gasteiger partial charge in [0.2, 0.25) is 5.91 Å². The summed E-state index contributed by atoms with van der Waals surface area (Å²) in [6.45, 7) is 0.364. The quantitative estimate of drug-likeness (QED) is 0.583. The van der Waals surface area contributed by atoms with E-state index in [0.717, 1.165) is 32.1 Å². The summed E-state index contributed by atoms with van der Waals surface area (Å²) in [5, 5.41) is 12.3. The largest absolute Gasteiger partial charge is 0.391 e. The van der Waals surface area contributed by atoms with E-state index in [9.17, 15) is 9.90 Å². The second kappa shape index (κ2) is 3.51. The minimum absolute atomic E-state index is 0.0940. The number of carbonyl (C=O) groups excluding carboxylic acids is 1. The van der Waals surface area contributed by atoms with E-state index in [-0.39, 0.29) is 12.0 Å². The summed E-state index contributed by atoms with van der Waals surface area (Å²) >= 11 is 0. The Bertz CT molecular complexity index is 234. The maximum absolute atomic E-state index is 11.5. The lowest BCUT2D eigenvalue weighted by molar-refractivity contribution is -0.129. The van der Waals surface area contributed by atoms with Crippen molar-refractivity contribution in [3.8, 4) is 0 Å². The average molecular weight is 198 g/mol. The molecule has 80 valence electrons. The van der Waals surface area contributed by atoms with Gasteiger partial charge in [-0.25, -0.2) is 0 Å². The molecule has 0 aromatic heterocycles. The predicted octanol–water partition coefficient (Wildman–Crippen LogP) is -0.245. The Labute approximate surface area is 83.9 Å². The normalized spacial score (nSPS) is 26.4. The minimum Gasteiger partial charge on any atom is -0.391 e. The topological polar surface area (TPSA) is 75.4 Å². The van der Waals surface area contributed by atoms with Crippen LogP contribution in [0.25, 0.3) is 0 Å². The number of nitrogens with one attached hydrogen (secondary N) is 1. The molecule has 0 heterocycles. The summed E-state index contributed by atoms with van der Waals surface area (Å²) in [5.41, 5.74) is 5.19. The molecule has 2 fully saturated rings. The first-order valence-electron chi connectivity index (χ1n) is 5.37. The second-order valence-electron chi connectivity index (χ2n) is 4.62. The van der Waals surface area contributed by atoms with Crippen LogP contribution in [-0.4, -0.2) is 29.2 Å². The predicted molar refractivity (Wildman–Crippen MR) is 52.5 cm³/mol. The van der Waals surface area contributed by atoms with Gasteiger partial charge >= 0.3 is 0 Å². The zero-order valence-electron chi connectivity index (χ0n) is 8.33. The lowest BCUT2D eigenvalue weighted by Gasteiger charge is -2.36. The number of amides is 1. The fourth-order valence-corrected chi connectivity index (χ4v) is 1.81. The molecule has 0 spiro atoms. The van der Waals surface area contributed by atoms with Crippen LogP contribution in [0, 0.1) is 5.92 Å². The molecule has 4 N–H and O–H groups in total. The minimum atomic E-state index is -0.636. The number of carbonyl (C=O) groups is 1. The van der Waals surface area contributed by atoms with Crippen molar-refractivity contribution in [3.63, 3.8) is 0 Å². The van der Waals surface area contributed by atoms with Gasteiger partial charge in [-0.15, -0.1) is 0 Å². The number of rotatable bonds is 4. The Hall–Kier alpha value is -0.610. The molecular formula is C10H18N2O2. The highest BCUT2D eigenvalue weighted by Crippen LogP contribution is 2.32. The third kappa shape index (κ3) is 1.91. The number of aliphatic hydroxyl groups is 1. The highest BCUT2D eigenvalue weighted by molar-refractivity contribution is 5.87. The van der Waals surface area contributed by atoms with Gasteiger partial charge in [-0.2, -0.15) is 0 Å². The Morgan fingerprint density at radius 1 is 1.57 bits per heavy atom. The molecule has 0 aliphatic heterocycles.